The molecular weight excluding hydrogens is 238 g/mol. The van der Waals surface area contributed by atoms with E-state index in [2.05, 4.69) is 41.5 Å². The number of rotatable bonds is 4. The van der Waals surface area contributed by atoms with E-state index in [1.807, 2.05) is 6.07 Å². The smallest absolute Gasteiger partial charge is 0.145 e. The lowest BCUT2D eigenvalue weighted by molar-refractivity contribution is 0.358. The molecule has 106 valence electrons. The molecule has 4 N–H and O–H groups in total. The van der Waals surface area contributed by atoms with Crippen molar-refractivity contribution >= 4 is 11.6 Å². The number of nitrogens with two attached hydrogens (primary N) is 1. The highest BCUT2D eigenvalue weighted by Crippen LogP contribution is 2.26. The van der Waals surface area contributed by atoms with Crippen LogP contribution in [-0.4, -0.2) is 16.0 Å². The maximum absolute atomic E-state index is 5.47. The molecule has 1 aliphatic carbocycles. The fraction of sp³-hybridized carbons (Fsp3) is 0.714. The first-order valence-electron chi connectivity index (χ1n) is 7.20. The Morgan fingerprint density at radius 1 is 1.26 bits per heavy atom. The fourth-order valence-electron chi connectivity index (χ4n) is 2.65. The molecule has 1 aromatic heterocycles. The number of anilines is 2. The van der Waals surface area contributed by atoms with E-state index >= 15 is 0 Å². The molecule has 0 bridgehead atoms. The van der Waals surface area contributed by atoms with Crippen molar-refractivity contribution in [1.82, 2.24) is 9.97 Å². The number of nitrogens with one attached hydrogen (secondary N) is 2. The van der Waals surface area contributed by atoms with Gasteiger partial charge in [0.15, 0.2) is 0 Å². The predicted octanol–water partition coefficient (Wildman–Crippen LogP) is 2.88. The van der Waals surface area contributed by atoms with Gasteiger partial charge >= 0.3 is 0 Å². The largest absolute Gasteiger partial charge is 0.367 e. The minimum absolute atomic E-state index is 0.291. The summed E-state index contributed by atoms with van der Waals surface area (Å²) in [5.74, 6) is 8.93. The van der Waals surface area contributed by atoms with E-state index in [4.69, 9.17) is 5.84 Å². The molecule has 1 heterocycles. The maximum atomic E-state index is 5.47. The van der Waals surface area contributed by atoms with Crippen molar-refractivity contribution in [2.75, 3.05) is 10.7 Å². The highest BCUT2D eigenvalue weighted by atomic mass is 15.3. The molecule has 0 radical (unpaired) electrons. The third-order valence-corrected chi connectivity index (χ3v) is 3.70. The first-order valence-corrected chi connectivity index (χ1v) is 7.20. The van der Waals surface area contributed by atoms with Gasteiger partial charge in [0.2, 0.25) is 0 Å². The Hall–Kier alpha value is -1.36. The van der Waals surface area contributed by atoms with Crippen LogP contribution < -0.4 is 16.6 Å². The Bertz CT molecular complexity index is 418. The van der Waals surface area contributed by atoms with E-state index in [1.165, 1.54) is 25.7 Å². The van der Waals surface area contributed by atoms with Crippen LogP contribution in [-0.2, 0) is 0 Å². The average molecular weight is 263 g/mol. The molecule has 0 aromatic carbocycles. The Labute approximate surface area is 115 Å². The number of hydrogen-bond acceptors (Lipinski definition) is 5. The molecule has 5 heteroatoms. The molecule has 2 atom stereocenters. The summed E-state index contributed by atoms with van der Waals surface area (Å²) < 4.78 is 0. The lowest BCUT2D eigenvalue weighted by atomic mass is 9.87. The zero-order valence-corrected chi connectivity index (χ0v) is 12.1. The van der Waals surface area contributed by atoms with Crippen molar-refractivity contribution < 1.29 is 0 Å². The van der Waals surface area contributed by atoms with Crippen molar-refractivity contribution in [2.24, 2.45) is 11.8 Å². The van der Waals surface area contributed by atoms with Crippen LogP contribution in [0.4, 0.5) is 11.6 Å². The molecular formula is C14H25N5. The highest BCUT2D eigenvalue weighted by Gasteiger charge is 2.19. The van der Waals surface area contributed by atoms with E-state index in [9.17, 15) is 0 Å². The predicted molar refractivity (Wildman–Crippen MR) is 79.0 cm³/mol. The fourth-order valence-corrected chi connectivity index (χ4v) is 2.65. The van der Waals surface area contributed by atoms with E-state index in [0.29, 0.717) is 17.8 Å². The zero-order chi connectivity index (χ0) is 13.8. The maximum Gasteiger partial charge on any atom is 0.145 e. The minimum atomic E-state index is 0.291. The van der Waals surface area contributed by atoms with Gasteiger partial charge in [-0.3, -0.25) is 0 Å². The van der Waals surface area contributed by atoms with Gasteiger partial charge in [0.25, 0.3) is 0 Å². The van der Waals surface area contributed by atoms with Gasteiger partial charge in [0.1, 0.15) is 17.5 Å². The second-order valence-electron chi connectivity index (χ2n) is 5.91. The van der Waals surface area contributed by atoms with E-state index in [-0.39, 0.29) is 0 Å². The van der Waals surface area contributed by atoms with Gasteiger partial charge in [-0.25, -0.2) is 15.8 Å². The van der Waals surface area contributed by atoms with Crippen LogP contribution in [0.15, 0.2) is 6.07 Å². The lowest BCUT2D eigenvalue weighted by Crippen LogP contribution is -2.27. The summed E-state index contributed by atoms with van der Waals surface area (Å²) in [6.45, 7) is 6.49. The molecule has 1 aliphatic rings. The number of nitrogen functional groups attached to an aromatic ring is 1. The molecule has 1 fully saturated rings. The molecule has 19 heavy (non-hydrogen) atoms. The van der Waals surface area contributed by atoms with Gasteiger partial charge in [-0.2, -0.15) is 0 Å². The quantitative estimate of drug-likeness (QED) is 0.575. The van der Waals surface area contributed by atoms with E-state index < -0.39 is 0 Å². The number of nitrogens with zero attached hydrogens (tertiary/aromatic N) is 2. The molecule has 0 amide bonds. The Morgan fingerprint density at radius 2 is 2.00 bits per heavy atom. The third kappa shape index (κ3) is 3.80. The second-order valence-corrected chi connectivity index (χ2v) is 5.91. The number of aromatic nitrogens is 2. The summed E-state index contributed by atoms with van der Waals surface area (Å²) in [6.07, 6.45) is 5.07. The molecule has 2 rings (SSSR count). The van der Waals surface area contributed by atoms with Gasteiger partial charge in [-0.15, -0.1) is 0 Å². The van der Waals surface area contributed by atoms with Crippen LogP contribution in [0.3, 0.4) is 0 Å². The summed E-state index contributed by atoms with van der Waals surface area (Å²) >= 11 is 0. The molecule has 5 nitrogen and oxygen atoms in total. The Balaban J connectivity index is 2.12. The van der Waals surface area contributed by atoms with Crippen LogP contribution in [0, 0.1) is 5.92 Å². The molecule has 2 unspecified atom stereocenters. The van der Waals surface area contributed by atoms with Crippen LogP contribution in [0.5, 0.6) is 0 Å². The lowest BCUT2D eigenvalue weighted by Gasteiger charge is -2.28. The standard InChI is InChI=1S/C14H25N5/c1-9(2)14-17-12(8-13(18-14)19-15)16-11-6-4-5-10(3)7-11/h8-11H,4-7,15H2,1-3H3,(H2,16,17,18,19). The minimum Gasteiger partial charge on any atom is -0.367 e. The van der Waals surface area contributed by atoms with Gasteiger partial charge in [-0.05, 0) is 18.8 Å². The second kappa shape index (κ2) is 6.19. The Morgan fingerprint density at radius 3 is 2.63 bits per heavy atom. The van der Waals surface area contributed by atoms with Crippen molar-refractivity contribution in [3.05, 3.63) is 11.9 Å². The van der Waals surface area contributed by atoms with Crippen molar-refractivity contribution in [3.63, 3.8) is 0 Å². The number of hydrazine groups is 1. The highest BCUT2D eigenvalue weighted by molar-refractivity contribution is 5.47. The summed E-state index contributed by atoms with van der Waals surface area (Å²) in [4.78, 5) is 8.95. The average Bonchev–Trinajstić information content (AvgIpc) is 2.38. The van der Waals surface area contributed by atoms with Gasteiger partial charge in [0, 0.05) is 18.0 Å². The molecule has 1 saturated carbocycles. The van der Waals surface area contributed by atoms with Crippen molar-refractivity contribution in [3.8, 4) is 0 Å². The monoisotopic (exact) mass is 263 g/mol. The Kier molecular flexibility index (Phi) is 4.58. The zero-order valence-electron chi connectivity index (χ0n) is 12.1. The van der Waals surface area contributed by atoms with Crippen LogP contribution in [0.2, 0.25) is 0 Å². The molecule has 0 spiro atoms. The molecule has 1 aromatic rings. The normalized spacial score (nSPS) is 23.4. The third-order valence-electron chi connectivity index (χ3n) is 3.70. The first kappa shape index (κ1) is 14.1. The van der Waals surface area contributed by atoms with Gasteiger partial charge < -0.3 is 10.7 Å². The van der Waals surface area contributed by atoms with Gasteiger partial charge in [0.05, 0.1) is 0 Å². The van der Waals surface area contributed by atoms with Crippen molar-refractivity contribution in [2.45, 2.75) is 58.4 Å². The summed E-state index contributed by atoms with van der Waals surface area (Å²) in [6, 6.07) is 2.40. The van der Waals surface area contributed by atoms with E-state index in [1.54, 1.807) is 0 Å². The first-order chi connectivity index (χ1) is 9.08. The van der Waals surface area contributed by atoms with Gasteiger partial charge in [-0.1, -0.05) is 33.6 Å². The van der Waals surface area contributed by atoms with E-state index in [0.717, 1.165) is 17.6 Å². The SMILES string of the molecule is CC1CCCC(Nc2cc(NN)nc(C(C)C)n2)C1. The van der Waals surface area contributed by atoms with Crippen LogP contribution >= 0.6 is 0 Å². The van der Waals surface area contributed by atoms with Crippen LogP contribution in [0.25, 0.3) is 0 Å². The van der Waals surface area contributed by atoms with Crippen molar-refractivity contribution in [1.29, 1.82) is 0 Å². The van der Waals surface area contributed by atoms with Crippen LogP contribution in [0.1, 0.15) is 58.2 Å². The molecule has 0 saturated heterocycles. The summed E-state index contributed by atoms with van der Waals surface area (Å²) in [7, 11) is 0. The summed E-state index contributed by atoms with van der Waals surface area (Å²) in [5.41, 5.74) is 2.62. The summed E-state index contributed by atoms with van der Waals surface area (Å²) in [5, 5.41) is 3.53. The number of hydrogen-bond donors (Lipinski definition) is 3. The topological polar surface area (TPSA) is 75.9 Å². The molecule has 0 aliphatic heterocycles.